The van der Waals surface area contributed by atoms with Gasteiger partial charge >= 0.3 is 12.2 Å². The number of hydrogen-bond donors (Lipinski definition) is 2. The number of hydrogen-bond acceptors (Lipinski definition) is 5. The van der Waals surface area contributed by atoms with Crippen molar-refractivity contribution in [1.29, 1.82) is 0 Å². The fourth-order valence-corrected chi connectivity index (χ4v) is 6.71. The number of nitrogens with zero attached hydrogens (tertiary/aromatic N) is 1. The maximum Gasteiger partial charge on any atom is 0.408 e. The van der Waals surface area contributed by atoms with Gasteiger partial charge in [-0.3, -0.25) is 4.79 Å². The van der Waals surface area contributed by atoms with Crippen LogP contribution in [0.25, 0.3) is 0 Å². The molecule has 2 aromatic carbocycles. The molecule has 0 aliphatic heterocycles. The van der Waals surface area contributed by atoms with Crippen LogP contribution in [0.5, 0.6) is 0 Å². The Labute approximate surface area is 250 Å². The standard InChI is InChI=1S/C34H47N3O5/c1-5-37(30-27-20-19-26(22-27)29(30)25-16-10-7-11-17-25)31(38)28(36-33(40)42-34(2,3)4)18-12-13-21-35-32(39)41-23-24-14-8-6-9-15-24/h6-11,14-17,26-30H,5,12-13,18-23H2,1-4H3,(H,35,39)(H,36,40)/t26?,27?,28-,29?,30?/m0/s1. The minimum Gasteiger partial charge on any atom is -0.445 e. The quantitative estimate of drug-likeness (QED) is 0.284. The molecule has 4 unspecified atom stereocenters. The summed E-state index contributed by atoms with van der Waals surface area (Å²) in [5, 5.41) is 5.66. The molecule has 0 heterocycles. The van der Waals surface area contributed by atoms with E-state index in [2.05, 4.69) is 34.9 Å². The van der Waals surface area contributed by atoms with Crippen molar-refractivity contribution >= 4 is 18.1 Å². The van der Waals surface area contributed by atoms with Crippen LogP contribution in [0.1, 0.15) is 83.3 Å². The number of unbranched alkanes of at least 4 members (excludes halogenated alkanes) is 1. The van der Waals surface area contributed by atoms with Gasteiger partial charge in [0.1, 0.15) is 18.2 Å². The fraction of sp³-hybridized carbons (Fsp3) is 0.559. The van der Waals surface area contributed by atoms with E-state index in [1.165, 1.54) is 12.0 Å². The molecule has 2 bridgehead atoms. The van der Waals surface area contributed by atoms with Crippen LogP contribution in [-0.2, 0) is 20.9 Å². The number of ether oxygens (including phenoxy) is 2. The SMILES string of the molecule is CCN(C(=O)[C@H](CCCCNC(=O)OCc1ccccc1)NC(=O)OC(C)(C)C)C1C2CCC(C2)C1c1ccccc1. The minimum atomic E-state index is -0.708. The molecule has 2 aliphatic rings. The lowest BCUT2D eigenvalue weighted by Crippen LogP contribution is -2.55. The van der Waals surface area contributed by atoms with Crippen molar-refractivity contribution in [1.82, 2.24) is 15.5 Å². The summed E-state index contributed by atoms with van der Waals surface area (Å²) < 4.78 is 10.8. The van der Waals surface area contributed by atoms with Crippen molar-refractivity contribution < 1.29 is 23.9 Å². The van der Waals surface area contributed by atoms with Gasteiger partial charge in [-0.15, -0.1) is 0 Å². The number of benzene rings is 2. The zero-order valence-corrected chi connectivity index (χ0v) is 25.5. The minimum absolute atomic E-state index is 0.0583. The first-order chi connectivity index (χ1) is 20.2. The maximum atomic E-state index is 14.2. The monoisotopic (exact) mass is 577 g/mol. The molecule has 42 heavy (non-hydrogen) atoms. The molecular weight excluding hydrogens is 530 g/mol. The predicted octanol–water partition coefficient (Wildman–Crippen LogP) is 6.41. The first-order valence-corrected chi connectivity index (χ1v) is 15.5. The molecule has 2 N–H and O–H groups in total. The highest BCUT2D eigenvalue weighted by Gasteiger charge is 2.51. The lowest BCUT2D eigenvalue weighted by molar-refractivity contribution is -0.137. The van der Waals surface area contributed by atoms with Crippen LogP contribution in [0.15, 0.2) is 60.7 Å². The van der Waals surface area contributed by atoms with Gasteiger partial charge in [0, 0.05) is 25.0 Å². The summed E-state index contributed by atoms with van der Waals surface area (Å²) in [5.74, 6) is 1.30. The number of likely N-dealkylation sites (N-methyl/N-ethyl adjacent to an activating group) is 1. The fourth-order valence-electron chi connectivity index (χ4n) is 6.71. The van der Waals surface area contributed by atoms with Gasteiger partial charge in [-0.25, -0.2) is 9.59 Å². The van der Waals surface area contributed by atoms with E-state index < -0.39 is 23.8 Å². The third-order valence-electron chi connectivity index (χ3n) is 8.43. The Kier molecular flexibility index (Phi) is 10.9. The molecule has 8 nitrogen and oxygen atoms in total. The Morgan fingerprint density at radius 1 is 0.929 bits per heavy atom. The van der Waals surface area contributed by atoms with Crippen molar-refractivity contribution in [3.8, 4) is 0 Å². The predicted molar refractivity (Wildman–Crippen MR) is 163 cm³/mol. The van der Waals surface area contributed by atoms with E-state index in [1.54, 1.807) is 0 Å². The lowest BCUT2D eigenvalue weighted by atomic mass is 9.78. The number of carbonyl (C=O) groups excluding carboxylic acids is 3. The largest absolute Gasteiger partial charge is 0.445 e. The molecule has 0 radical (unpaired) electrons. The highest BCUT2D eigenvalue weighted by Crippen LogP contribution is 2.55. The summed E-state index contributed by atoms with van der Waals surface area (Å²) >= 11 is 0. The van der Waals surface area contributed by atoms with Gasteiger partial charge in [0.25, 0.3) is 0 Å². The second kappa shape index (κ2) is 14.6. The number of carbonyl (C=O) groups is 3. The van der Waals surface area contributed by atoms with Crippen LogP contribution < -0.4 is 10.6 Å². The van der Waals surface area contributed by atoms with Crippen LogP contribution in [0.3, 0.4) is 0 Å². The number of fused-ring (bicyclic) bond motifs is 2. The molecule has 2 fully saturated rings. The second-order valence-corrected chi connectivity index (χ2v) is 12.6. The summed E-state index contributed by atoms with van der Waals surface area (Å²) in [6, 6.07) is 19.5. The maximum absolute atomic E-state index is 14.2. The highest BCUT2D eigenvalue weighted by atomic mass is 16.6. The van der Waals surface area contributed by atoms with Crippen molar-refractivity contribution in [3.63, 3.8) is 0 Å². The zero-order valence-electron chi connectivity index (χ0n) is 25.5. The number of nitrogens with one attached hydrogen (secondary N) is 2. The summed E-state index contributed by atoms with van der Waals surface area (Å²) in [6.07, 6.45) is 4.15. The highest BCUT2D eigenvalue weighted by molar-refractivity contribution is 5.86. The molecule has 0 spiro atoms. The zero-order chi connectivity index (χ0) is 30.1. The molecule has 2 saturated carbocycles. The van der Waals surface area contributed by atoms with E-state index in [-0.39, 0.29) is 18.6 Å². The van der Waals surface area contributed by atoms with E-state index in [4.69, 9.17) is 9.47 Å². The Hall–Kier alpha value is -3.55. The first kappa shape index (κ1) is 31.4. The summed E-state index contributed by atoms with van der Waals surface area (Å²) in [4.78, 5) is 41.1. The normalized spacial score (nSPS) is 21.8. The van der Waals surface area contributed by atoms with Gasteiger partial charge in [-0.05, 0) is 89.2 Å². The molecule has 5 atom stereocenters. The molecule has 0 saturated heterocycles. The summed E-state index contributed by atoms with van der Waals surface area (Å²) in [6.45, 7) is 8.67. The molecule has 228 valence electrons. The smallest absolute Gasteiger partial charge is 0.408 e. The Balaban J connectivity index is 1.37. The summed E-state index contributed by atoms with van der Waals surface area (Å²) in [5.41, 5.74) is 1.55. The van der Waals surface area contributed by atoms with Crippen LogP contribution >= 0.6 is 0 Å². The van der Waals surface area contributed by atoms with E-state index in [0.29, 0.717) is 50.1 Å². The van der Waals surface area contributed by atoms with Gasteiger partial charge < -0.3 is 25.0 Å². The molecule has 4 rings (SSSR count). The number of rotatable bonds is 12. The van der Waals surface area contributed by atoms with E-state index in [1.807, 2.05) is 69.0 Å². The summed E-state index contributed by atoms with van der Waals surface area (Å²) in [7, 11) is 0. The van der Waals surface area contributed by atoms with E-state index >= 15 is 0 Å². The Morgan fingerprint density at radius 2 is 1.60 bits per heavy atom. The Bertz CT molecular complexity index is 1170. The van der Waals surface area contributed by atoms with Crippen LogP contribution in [0.2, 0.25) is 0 Å². The molecule has 2 aliphatic carbocycles. The van der Waals surface area contributed by atoms with Gasteiger partial charge in [-0.1, -0.05) is 60.7 Å². The van der Waals surface area contributed by atoms with E-state index in [0.717, 1.165) is 18.4 Å². The van der Waals surface area contributed by atoms with Crippen LogP contribution in [0, 0.1) is 11.8 Å². The van der Waals surface area contributed by atoms with Crippen LogP contribution in [0.4, 0.5) is 9.59 Å². The topological polar surface area (TPSA) is 97.0 Å². The first-order valence-electron chi connectivity index (χ1n) is 15.5. The van der Waals surface area contributed by atoms with Gasteiger partial charge in [0.05, 0.1) is 0 Å². The number of alkyl carbamates (subject to hydrolysis) is 2. The average molecular weight is 578 g/mol. The van der Waals surface area contributed by atoms with Crippen molar-refractivity contribution in [2.24, 2.45) is 11.8 Å². The molecular formula is C34H47N3O5. The van der Waals surface area contributed by atoms with E-state index in [9.17, 15) is 14.4 Å². The molecule has 8 heteroatoms. The van der Waals surface area contributed by atoms with Gasteiger partial charge in [0.15, 0.2) is 0 Å². The van der Waals surface area contributed by atoms with Gasteiger partial charge in [-0.2, -0.15) is 0 Å². The van der Waals surface area contributed by atoms with Crippen molar-refractivity contribution in [2.75, 3.05) is 13.1 Å². The Morgan fingerprint density at radius 3 is 2.26 bits per heavy atom. The van der Waals surface area contributed by atoms with Crippen molar-refractivity contribution in [2.45, 2.75) is 96.4 Å². The third kappa shape index (κ3) is 8.49. The second-order valence-electron chi connectivity index (χ2n) is 12.6. The van der Waals surface area contributed by atoms with Crippen molar-refractivity contribution in [3.05, 3.63) is 71.8 Å². The lowest BCUT2D eigenvalue weighted by Gasteiger charge is -2.41. The number of amides is 3. The van der Waals surface area contributed by atoms with Crippen LogP contribution in [-0.4, -0.2) is 53.8 Å². The third-order valence-corrected chi connectivity index (χ3v) is 8.43. The molecule has 0 aromatic heterocycles. The molecule has 3 amide bonds. The average Bonchev–Trinajstić information content (AvgIpc) is 3.58. The molecule has 2 aromatic rings. The van der Waals surface area contributed by atoms with Gasteiger partial charge in [0.2, 0.25) is 5.91 Å².